The second-order valence-corrected chi connectivity index (χ2v) is 4.60. The lowest BCUT2D eigenvalue weighted by molar-refractivity contribution is -0.128. The van der Waals surface area contributed by atoms with Crippen molar-refractivity contribution >= 4 is 9.73 Å². The first kappa shape index (κ1) is 10.7. The summed E-state index contributed by atoms with van der Waals surface area (Å²) in [5.41, 5.74) is 4.64. The molecule has 11 heavy (non-hydrogen) atoms. The van der Waals surface area contributed by atoms with E-state index in [-0.39, 0.29) is 0 Å². The van der Waals surface area contributed by atoms with Gasteiger partial charge in [0.2, 0.25) is 0 Å². The van der Waals surface area contributed by atoms with Crippen molar-refractivity contribution in [3.05, 3.63) is 0 Å². The Morgan fingerprint density at radius 1 is 1.55 bits per heavy atom. The van der Waals surface area contributed by atoms with E-state index in [1.807, 2.05) is 0 Å². The first-order valence-corrected chi connectivity index (χ1v) is 4.62. The summed E-state index contributed by atoms with van der Waals surface area (Å²) in [5.74, 6) is 0. The van der Waals surface area contributed by atoms with Crippen LogP contribution in [0.25, 0.3) is 0 Å². The van der Waals surface area contributed by atoms with Crippen molar-refractivity contribution in [3.63, 3.8) is 0 Å². The van der Waals surface area contributed by atoms with E-state index in [4.69, 9.17) is 0 Å². The highest BCUT2D eigenvalue weighted by Crippen LogP contribution is 2.22. The van der Waals surface area contributed by atoms with Crippen LogP contribution in [0.2, 0.25) is 0 Å². The Kier molecular flexibility index (Phi) is 2.90. The topological polar surface area (TPSA) is 55.5 Å². The highest BCUT2D eigenvalue weighted by atomic mass is 32.2. The molecule has 0 aliphatic carbocycles. The fourth-order valence-electron chi connectivity index (χ4n) is 0.362. The van der Waals surface area contributed by atoms with E-state index in [0.29, 0.717) is 0 Å². The van der Waals surface area contributed by atoms with E-state index < -0.39 is 21.3 Å². The largest absolute Gasteiger partial charge is 0.416 e. The minimum Gasteiger partial charge on any atom is -0.309 e. The average Bonchev–Trinajstić information content (AvgIpc) is 1.84. The standard InChI is InChI=1S/C4H9F3N2OS/c1-9-11(2,10)3(8)4(5,6)7/h3H,8H2,1-2H3. The first-order chi connectivity index (χ1) is 4.72. The predicted molar refractivity (Wildman–Crippen MR) is 36.4 cm³/mol. The molecule has 0 aromatic rings. The van der Waals surface area contributed by atoms with Crippen molar-refractivity contribution in [2.45, 2.75) is 11.6 Å². The third-order valence-electron chi connectivity index (χ3n) is 1.16. The zero-order chi connectivity index (χ0) is 9.28. The highest BCUT2D eigenvalue weighted by molar-refractivity contribution is 7.93. The van der Waals surface area contributed by atoms with Crippen LogP contribution in [0.15, 0.2) is 4.36 Å². The molecule has 0 saturated heterocycles. The lowest BCUT2D eigenvalue weighted by Crippen LogP contribution is -2.43. The molecule has 0 aliphatic rings. The van der Waals surface area contributed by atoms with Gasteiger partial charge in [0.05, 0.1) is 9.73 Å². The second kappa shape index (κ2) is 2.98. The molecule has 0 aromatic carbocycles. The lowest BCUT2D eigenvalue weighted by atomic mass is 10.7. The van der Waals surface area contributed by atoms with Gasteiger partial charge in [-0.05, 0) is 0 Å². The number of hydrogen-bond acceptors (Lipinski definition) is 3. The van der Waals surface area contributed by atoms with Gasteiger partial charge in [0.1, 0.15) is 0 Å². The van der Waals surface area contributed by atoms with E-state index in [0.717, 1.165) is 13.3 Å². The molecule has 0 fully saturated rings. The number of hydrogen-bond donors (Lipinski definition) is 1. The number of alkyl halides is 3. The zero-order valence-electron chi connectivity index (χ0n) is 6.05. The third-order valence-corrected chi connectivity index (χ3v) is 3.09. The maximum absolute atomic E-state index is 11.8. The number of rotatable bonds is 1. The monoisotopic (exact) mass is 190 g/mol. The van der Waals surface area contributed by atoms with Crippen molar-refractivity contribution in [2.24, 2.45) is 10.1 Å². The van der Waals surface area contributed by atoms with Gasteiger partial charge >= 0.3 is 6.18 Å². The first-order valence-electron chi connectivity index (χ1n) is 2.63. The fraction of sp³-hybridized carbons (Fsp3) is 1.00. The van der Waals surface area contributed by atoms with Gasteiger partial charge < -0.3 is 5.73 Å². The van der Waals surface area contributed by atoms with Gasteiger partial charge in [-0.3, -0.25) is 0 Å². The van der Waals surface area contributed by atoms with Crippen LogP contribution in [-0.2, 0) is 9.73 Å². The van der Waals surface area contributed by atoms with Gasteiger partial charge in [-0.25, -0.2) is 8.57 Å². The number of nitrogens with zero attached hydrogens (tertiary/aromatic N) is 1. The van der Waals surface area contributed by atoms with Crippen LogP contribution in [-0.4, -0.2) is 29.1 Å². The number of halogens is 3. The Hall–Kier alpha value is -0.300. The molecule has 0 aliphatic heterocycles. The normalized spacial score (nSPS) is 20.5. The van der Waals surface area contributed by atoms with E-state index >= 15 is 0 Å². The molecule has 68 valence electrons. The molecule has 0 amide bonds. The third kappa shape index (κ3) is 2.66. The van der Waals surface area contributed by atoms with Crippen LogP contribution < -0.4 is 5.73 Å². The minimum absolute atomic E-state index is 0.880. The Morgan fingerprint density at radius 3 is 2.00 bits per heavy atom. The van der Waals surface area contributed by atoms with Crippen molar-refractivity contribution in [3.8, 4) is 0 Å². The molecule has 0 aromatic heterocycles. The fourth-order valence-corrected chi connectivity index (χ4v) is 1.08. The van der Waals surface area contributed by atoms with Crippen LogP contribution in [0.4, 0.5) is 13.2 Å². The van der Waals surface area contributed by atoms with E-state index in [1.165, 1.54) is 0 Å². The predicted octanol–water partition coefficient (Wildman–Crippen LogP) is 0.561. The molecule has 0 heterocycles. The van der Waals surface area contributed by atoms with Crippen molar-refractivity contribution in [1.82, 2.24) is 0 Å². The molecule has 7 heteroatoms. The summed E-state index contributed by atoms with van der Waals surface area (Å²) in [6.45, 7) is 0. The zero-order valence-corrected chi connectivity index (χ0v) is 6.87. The lowest BCUT2D eigenvalue weighted by Gasteiger charge is -2.15. The molecule has 0 rings (SSSR count). The highest BCUT2D eigenvalue weighted by Gasteiger charge is 2.42. The Bertz CT molecular complexity index is 240. The van der Waals surface area contributed by atoms with Gasteiger partial charge in [-0.1, -0.05) is 0 Å². The van der Waals surface area contributed by atoms with Crippen molar-refractivity contribution in [1.29, 1.82) is 0 Å². The number of nitrogens with two attached hydrogens (primary N) is 1. The summed E-state index contributed by atoms with van der Waals surface area (Å²) >= 11 is 0. The van der Waals surface area contributed by atoms with Crippen LogP contribution in [0.1, 0.15) is 0 Å². The summed E-state index contributed by atoms with van der Waals surface area (Å²) in [5, 5.41) is -2.36. The Labute approximate surface area is 62.9 Å². The maximum atomic E-state index is 11.8. The molecular weight excluding hydrogens is 181 g/mol. The summed E-state index contributed by atoms with van der Waals surface area (Å²) in [6.07, 6.45) is -3.77. The van der Waals surface area contributed by atoms with E-state index in [1.54, 1.807) is 0 Å². The summed E-state index contributed by atoms with van der Waals surface area (Å²) in [7, 11) is -2.28. The summed E-state index contributed by atoms with van der Waals surface area (Å²) < 4.78 is 49.3. The van der Waals surface area contributed by atoms with Crippen LogP contribution in [0, 0.1) is 0 Å². The summed E-state index contributed by atoms with van der Waals surface area (Å²) in [6, 6.07) is 0. The van der Waals surface area contributed by atoms with Gasteiger partial charge in [0.15, 0.2) is 5.37 Å². The quantitative estimate of drug-likeness (QED) is 0.656. The van der Waals surface area contributed by atoms with Crippen molar-refractivity contribution < 1.29 is 17.4 Å². The molecule has 0 radical (unpaired) electrons. The molecule has 3 nitrogen and oxygen atoms in total. The van der Waals surface area contributed by atoms with Gasteiger partial charge in [0, 0.05) is 13.3 Å². The Balaban J connectivity index is 4.80. The minimum atomic E-state index is -4.65. The van der Waals surface area contributed by atoms with E-state index in [2.05, 4.69) is 10.1 Å². The van der Waals surface area contributed by atoms with Crippen molar-refractivity contribution in [2.75, 3.05) is 13.3 Å². The van der Waals surface area contributed by atoms with Crippen LogP contribution in [0.5, 0.6) is 0 Å². The molecule has 2 N–H and O–H groups in total. The van der Waals surface area contributed by atoms with E-state index in [9.17, 15) is 17.4 Å². The SMILES string of the molecule is CN=S(C)(=O)C(N)C(F)(F)F. The Morgan fingerprint density at radius 2 is 1.91 bits per heavy atom. The summed E-state index contributed by atoms with van der Waals surface area (Å²) in [4.78, 5) is 0. The molecule has 2 unspecified atom stereocenters. The van der Waals surface area contributed by atoms with Crippen LogP contribution in [0.3, 0.4) is 0 Å². The van der Waals surface area contributed by atoms with Gasteiger partial charge in [-0.2, -0.15) is 13.2 Å². The molecule has 0 bridgehead atoms. The average molecular weight is 190 g/mol. The molecule has 2 atom stereocenters. The molecular formula is C4H9F3N2OS. The molecule has 0 spiro atoms. The second-order valence-electron chi connectivity index (χ2n) is 2.01. The van der Waals surface area contributed by atoms with Gasteiger partial charge in [0.25, 0.3) is 0 Å². The van der Waals surface area contributed by atoms with Crippen LogP contribution >= 0.6 is 0 Å². The molecule has 0 saturated carbocycles. The maximum Gasteiger partial charge on any atom is 0.416 e. The smallest absolute Gasteiger partial charge is 0.309 e. The van der Waals surface area contributed by atoms with Gasteiger partial charge in [-0.15, -0.1) is 0 Å².